The number of fused-ring (bicyclic) bond motifs is 7. The standard InChI is InChI=1S/C36H37N5O6/c1-23-10-11-24-17-32(23)46-22-34(42)39-19-25-12-13-27(18-33(25)45-2)47-31-14-16-41(21-30(31)40-35(24)43)36(44)28-8-3-4-9-29(28)38-20-26-7-5-6-15-37-26/h3-13,15,17-18,30-31,38H,14,16,19-22H2,1-2H3,(H,39,42)(H,40,43)/t30-,31+/m0/s1. The number of nitrogens with zero attached hydrogens (tertiary/aromatic N) is 2. The van der Waals surface area contributed by atoms with Gasteiger partial charge in [0.1, 0.15) is 23.4 Å². The molecule has 242 valence electrons. The lowest BCUT2D eigenvalue weighted by molar-refractivity contribution is -0.123. The van der Waals surface area contributed by atoms with Gasteiger partial charge < -0.3 is 35.1 Å². The number of ether oxygens (including phenoxy) is 3. The molecule has 1 saturated heterocycles. The van der Waals surface area contributed by atoms with Crippen LogP contribution in [0.4, 0.5) is 5.69 Å². The minimum atomic E-state index is -0.538. The molecule has 1 aromatic heterocycles. The fourth-order valence-electron chi connectivity index (χ4n) is 5.73. The third-order valence-electron chi connectivity index (χ3n) is 8.33. The zero-order valence-electron chi connectivity index (χ0n) is 26.3. The number of piperidine rings is 1. The van der Waals surface area contributed by atoms with E-state index in [1.807, 2.05) is 55.5 Å². The van der Waals surface area contributed by atoms with Crippen LogP contribution in [0.3, 0.4) is 0 Å². The fraction of sp³-hybridized carbons (Fsp3) is 0.278. The maximum absolute atomic E-state index is 14.0. The Labute approximate surface area is 273 Å². The van der Waals surface area contributed by atoms with Crippen molar-refractivity contribution in [1.29, 1.82) is 0 Å². The smallest absolute Gasteiger partial charge is 0.258 e. The van der Waals surface area contributed by atoms with Gasteiger partial charge in [-0.25, -0.2) is 0 Å². The van der Waals surface area contributed by atoms with E-state index in [4.69, 9.17) is 14.2 Å². The first-order chi connectivity index (χ1) is 22.9. The van der Waals surface area contributed by atoms with Crippen LogP contribution in [0.15, 0.2) is 85.1 Å². The Balaban J connectivity index is 1.27. The lowest BCUT2D eigenvalue weighted by Gasteiger charge is -2.39. The summed E-state index contributed by atoms with van der Waals surface area (Å²) in [6.45, 7) is 3.00. The molecule has 7 rings (SSSR count). The number of rotatable bonds is 5. The minimum absolute atomic E-state index is 0.153. The largest absolute Gasteiger partial charge is 0.496 e. The van der Waals surface area contributed by atoms with Gasteiger partial charge >= 0.3 is 0 Å². The average molecular weight is 636 g/mol. The van der Waals surface area contributed by atoms with Crippen LogP contribution in [0.1, 0.15) is 44.0 Å². The summed E-state index contributed by atoms with van der Waals surface area (Å²) >= 11 is 0. The molecule has 4 aromatic rings. The van der Waals surface area contributed by atoms with Crippen molar-refractivity contribution in [2.24, 2.45) is 0 Å². The summed E-state index contributed by atoms with van der Waals surface area (Å²) < 4.78 is 17.9. The Morgan fingerprint density at radius 1 is 1.06 bits per heavy atom. The number of hydrogen-bond donors (Lipinski definition) is 3. The molecule has 3 amide bonds. The maximum atomic E-state index is 14.0. The number of benzene rings is 3. The van der Waals surface area contributed by atoms with Crippen LogP contribution in [0.5, 0.6) is 17.2 Å². The van der Waals surface area contributed by atoms with Crippen molar-refractivity contribution in [3.63, 3.8) is 0 Å². The summed E-state index contributed by atoms with van der Waals surface area (Å²) in [5, 5.41) is 9.32. The number of anilines is 1. The number of carbonyl (C=O) groups excluding carboxylic acids is 3. The van der Waals surface area contributed by atoms with Gasteiger partial charge in [-0.1, -0.05) is 24.3 Å². The quantitative estimate of drug-likeness (QED) is 0.299. The van der Waals surface area contributed by atoms with E-state index in [9.17, 15) is 14.4 Å². The number of pyridine rings is 1. The Kier molecular flexibility index (Phi) is 9.51. The van der Waals surface area contributed by atoms with Crippen LogP contribution < -0.4 is 30.2 Å². The van der Waals surface area contributed by atoms with E-state index >= 15 is 0 Å². The molecule has 11 nitrogen and oxygen atoms in total. The van der Waals surface area contributed by atoms with Gasteiger partial charge in [-0.2, -0.15) is 0 Å². The summed E-state index contributed by atoms with van der Waals surface area (Å²) in [5.74, 6) is 0.729. The molecule has 1 fully saturated rings. The zero-order chi connectivity index (χ0) is 32.8. The summed E-state index contributed by atoms with van der Waals surface area (Å²) in [6.07, 6.45) is 1.77. The normalized spacial score (nSPS) is 18.0. The van der Waals surface area contributed by atoms with Gasteiger partial charge in [-0.15, -0.1) is 0 Å². The third kappa shape index (κ3) is 7.46. The molecule has 0 unspecified atom stereocenters. The van der Waals surface area contributed by atoms with Crippen molar-refractivity contribution in [3.05, 3.63) is 113 Å². The SMILES string of the molecule is COc1cc2ccc1CNC(=O)COc1cc(ccc1C)C(=O)N[C@H]1CN(C(=O)c3ccccc3NCc3ccccn3)CC[C@H]1O2. The third-order valence-corrected chi connectivity index (χ3v) is 8.33. The van der Waals surface area contributed by atoms with Crippen LogP contribution in [0, 0.1) is 6.92 Å². The molecule has 0 aliphatic carbocycles. The highest BCUT2D eigenvalue weighted by atomic mass is 16.5. The molecule has 11 heteroatoms. The van der Waals surface area contributed by atoms with E-state index in [-0.39, 0.29) is 37.4 Å². The molecular weight excluding hydrogens is 598 g/mol. The molecule has 3 aliphatic heterocycles. The van der Waals surface area contributed by atoms with Gasteiger partial charge in [0.2, 0.25) is 0 Å². The van der Waals surface area contributed by atoms with Crippen LogP contribution >= 0.6 is 0 Å². The molecule has 3 aliphatic rings. The number of aryl methyl sites for hydroxylation is 1. The van der Waals surface area contributed by atoms with Crippen LogP contribution in [0.2, 0.25) is 0 Å². The first-order valence-corrected chi connectivity index (χ1v) is 15.5. The van der Waals surface area contributed by atoms with Crippen molar-refractivity contribution < 1.29 is 28.6 Å². The predicted octanol–water partition coefficient (Wildman–Crippen LogP) is 4.11. The number of amides is 3. The molecule has 3 aromatic carbocycles. The lowest BCUT2D eigenvalue weighted by Crippen LogP contribution is -2.58. The second-order valence-electron chi connectivity index (χ2n) is 11.5. The first-order valence-electron chi connectivity index (χ1n) is 15.5. The molecular formula is C36H37N5O6. The summed E-state index contributed by atoms with van der Waals surface area (Å²) in [4.78, 5) is 46.3. The van der Waals surface area contributed by atoms with E-state index in [2.05, 4.69) is 20.9 Å². The van der Waals surface area contributed by atoms with Gasteiger partial charge in [0.15, 0.2) is 6.61 Å². The van der Waals surface area contributed by atoms with Gasteiger partial charge in [0, 0.05) is 55.1 Å². The van der Waals surface area contributed by atoms with Crippen molar-refractivity contribution in [2.75, 3.05) is 32.1 Å². The maximum Gasteiger partial charge on any atom is 0.258 e. The number of hydrogen-bond acceptors (Lipinski definition) is 8. The highest BCUT2D eigenvalue weighted by molar-refractivity contribution is 6.00. The summed E-state index contributed by atoms with van der Waals surface area (Å²) in [6, 6.07) is 23.1. The minimum Gasteiger partial charge on any atom is -0.496 e. The molecule has 4 heterocycles. The van der Waals surface area contributed by atoms with Crippen molar-refractivity contribution >= 4 is 23.4 Å². The van der Waals surface area contributed by atoms with Crippen LogP contribution in [-0.4, -0.2) is 66.6 Å². The highest BCUT2D eigenvalue weighted by Crippen LogP contribution is 2.29. The molecule has 3 N–H and O–H groups in total. The molecule has 2 atom stereocenters. The Morgan fingerprint density at radius 3 is 2.74 bits per heavy atom. The molecule has 0 radical (unpaired) electrons. The monoisotopic (exact) mass is 635 g/mol. The predicted molar refractivity (Wildman–Crippen MR) is 176 cm³/mol. The van der Waals surface area contributed by atoms with Crippen molar-refractivity contribution in [3.8, 4) is 17.2 Å². The van der Waals surface area contributed by atoms with Crippen molar-refractivity contribution in [2.45, 2.75) is 38.6 Å². The number of nitrogens with one attached hydrogen (secondary N) is 3. The Hall–Kier alpha value is -5.58. The second-order valence-corrected chi connectivity index (χ2v) is 11.5. The Bertz CT molecular complexity index is 1760. The topological polar surface area (TPSA) is 131 Å². The van der Waals surface area contributed by atoms with Crippen LogP contribution in [0.25, 0.3) is 0 Å². The number of likely N-dealkylation sites (tertiary alicyclic amines) is 1. The molecule has 0 spiro atoms. The van der Waals surface area contributed by atoms with Crippen molar-refractivity contribution in [1.82, 2.24) is 20.5 Å². The Morgan fingerprint density at radius 2 is 1.91 bits per heavy atom. The summed E-state index contributed by atoms with van der Waals surface area (Å²) in [5.41, 5.74) is 4.02. The van der Waals surface area contributed by atoms with E-state index in [0.29, 0.717) is 53.6 Å². The van der Waals surface area contributed by atoms with E-state index in [1.54, 1.807) is 48.5 Å². The number of carbonyl (C=O) groups is 3. The fourth-order valence-corrected chi connectivity index (χ4v) is 5.73. The van der Waals surface area contributed by atoms with E-state index in [0.717, 1.165) is 16.8 Å². The number of aromatic nitrogens is 1. The number of methoxy groups -OCH3 is 1. The number of para-hydroxylation sites is 1. The van der Waals surface area contributed by atoms with E-state index < -0.39 is 12.1 Å². The van der Waals surface area contributed by atoms with Gasteiger partial charge in [-0.3, -0.25) is 19.4 Å². The zero-order valence-corrected chi connectivity index (χ0v) is 26.3. The second kappa shape index (κ2) is 14.2. The van der Waals surface area contributed by atoms with Crippen LogP contribution in [-0.2, 0) is 17.9 Å². The van der Waals surface area contributed by atoms with E-state index in [1.165, 1.54) is 0 Å². The van der Waals surface area contributed by atoms with Gasteiger partial charge in [0.05, 0.1) is 31.0 Å². The average Bonchev–Trinajstić information content (AvgIpc) is 3.10. The molecule has 0 saturated carbocycles. The van der Waals surface area contributed by atoms with Gasteiger partial charge in [0.25, 0.3) is 17.7 Å². The molecule has 47 heavy (non-hydrogen) atoms. The van der Waals surface area contributed by atoms with Gasteiger partial charge in [-0.05, 0) is 61.0 Å². The molecule has 4 bridgehead atoms. The summed E-state index contributed by atoms with van der Waals surface area (Å²) in [7, 11) is 1.56. The first kappa shape index (κ1) is 31.4. The highest BCUT2D eigenvalue weighted by Gasteiger charge is 2.35. The lowest BCUT2D eigenvalue weighted by atomic mass is 9.99.